The fourth-order valence-corrected chi connectivity index (χ4v) is 1.80. The molecule has 0 spiro atoms. The molecule has 6 heteroatoms. The lowest BCUT2D eigenvalue weighted by atomic mass is 10.1. The number of nitrogen functional groups attached to an aromatic ring is 1. The number of nitrogens with two attached hydrogens (primary N) is 1. The van der Waals surface area contributed by atoms with E-state index >= 15 is 0 Å². The average molecular weight is 241 g/mol. The molecule has 3 nitrogen and oxygen atoms in total. The highest BCUT2D eigenvalue weighted by molar-refractivity contribution is 7.99. The number of aromatic nitrogens is 2. The Morgan fingerprint density at radius 1 is 1.25 bits per heavy atom. The van der Waals surface area contributed by atoms with E-state index in [4.69, 9.17) is 5.73 Å². The molecule has 0 unspecified atom stereocenters. The van der Waals surface area contributed by atoms with Crippen molar-refractivity contribution in [1.82, 2.24) is 10.2 Å². The van der Waals surface area contributed by atoms with Crippen molar-refractivity contribution in [2.24, 2.45) is 0 Å². The van der Waals surface area contributed by atoms with Crippen LogP contribution < -0.4 is 5.73 Å². The van der Waals surface area contributed by atoms with E-state index in [0.717, 1.165) is 11.3 Å². The fraction of sp³-hybridized carbons (Fsp3) is 0.100. The standard InChI is InChI=1S/C10H9F2N3S/c11-10(12)16-7-3-1-6(2-4-7)8-5-9(13)15-14-8/h1-5,10H,(H3,13,14,15). The summed E-state index contributed by atoms with van der Waals surface area (Å²) in [6.07, 6.45) is 0. The summed E-state index contributed by atoms with van der Waals surface area (Å²) >= 11 is 0.524. The molecule has 0 amide bonds. The zero-order valence-corrected chi connectivity index (χ0v) is 8.97. The number of hydrogen-bond donors (Lipinski definition) is 2. The van der Waals surface area contributed by atoms with E-state index in [1.165, 1.54) is 0 Å². The molecule has 0 aliphatic carbocycles. The summed E-state index contributed by atoms with van der Waals surface area (Å²) in [5.74, 6) is -1.99. The van der Waals surface area contributed by atoms with Gasteiger partial charge in [-0.15, -0.1) is 0 Å². The Kier molecular flexibility index (Phi) is 3.09. The zero-order valence-electron chi connectivity index (χ0n) is 8.15. The number of hydrogen-bond acceptors (Lipinski definition) is 3. The largest absolute Gasteiger partial charge is 0.382 e. The highest BCUT2D eigenvalue weighted by atomic mass is 32.2. The number of nitrogens with one attached hydrogen (secondary N) is 1. The maximum absolute atomic E-state index is 12.1. The molecule has 16 heavy (non-hydrogen) atoms. The Balaban J connectivity index is 2.19. The smallest absolute Gasteiger partial charge is 0.288 e. The molecule has 0 aliphatic rings. The summed E-state index contributed by atoms with van der Waals surface area (Å²) in [5.41, 5.74) is 7.10. The van der Waals surface area contributed by atoms with Crippen LogP contribution in [0.25, 0.3) is 11.3 Å². The normalized spacial score (nSPS) is 10.9. The molecule has 0 aliphatic heterocycles. The molecule has 0 saturated carbocycles. The minimum atomic E-state index is -2.39. The lowest BCUT2D eigenvalue weighted by Crippen LogP contribution is -1.82. The van der Waals surface area contributed by atoms with Gasteiger partial charge in [-0.3, -0.25) is 5.10 Å². The van der Waals surface area contributed by atoms with Crippen molar-refractivity contribution in [3.8, 4) is 11.3 Å². The molecule has 0 saturated heterocycles. The first kappa shape index (κ1) is 10.9. The van der Waals surface area contributed by atoms with Crippen LogP contribution in [-0.4, -0.2) is 16.0 Å². The van der Waals surface area contributed by atoms with Crippen LogP contribution >= 0.6 is 11.8 Å². The van der Waals surface area contributed by atoms with Crippen molar-refractivity contribution >= 4 is 17.6 Å². The fourth-order valence-electron chi connectivity index (χ4n) is 1.30. The topological polar surface area (TPSA) is 54.7 Å². The van der Waals surface area contributed by atoms with E-state index in [1.54, 1.807) is 30.3 Å². The van der Waals surface area contributed by atoms with Gasteiger partial charge in [-0.25, -0.2) is 0 Å². The van der Waals surface area contributed by atoms with Crippen molar-refractivity contribution in [2.75, 3.05) is 5.73 Å². The van der Waals surface area contributed by atoms with Crippen LogP contribution in [0.5, 0.6) is 0 Å². The molecule has 0 bridgehead atoms. The summed E-state index contributed by atoms with van der Waals surface area (Å²) in [7, 11) is 0. The van der Waals surface area contributed by atoms with Gasteiger partial charge in [-0.1, -0.05) is 23.9 Å². The Morgan fingerprint density at radius 3 is 2.44 bits per heavy atom. The third-order valence-corrected chi connectivity index (χ3v) is 2.71. The monoisotopic (exact) mass is 241 g/mol. The van der Waals surface area contributed by atoms with Gasteiger partial charge in [0.1, 0.15) is 5.82 Å². The van der Waals surface area contributed by atoms with Gasteiger partial charge in [-0.2, -0.15) is 13.9 Å². The quantitative estimate of drug-likeness (QED) is 0.812. The van der Waals surface area contributed by atoms with Crippen LogP contribution in [0.4, 0.5) is 14.6 Å². The Hall–Kier alpha value is -1.56. The molecule has 2 aromatic rings. The average Bonchev–Trinajstić information content (AvgIpc) is 2.65. The van der Waals surface area contributed by atoms with Gasteiger partial charge >= 0.3 is 0 Å². The first-order chi connectivity index (χ1) is 7.65. The third-order valence-electron chi connectivity index (χ3n) is 1.99. The molecule has 84 valence electrons. The second-order valence-electron chi connectivity index (χ2n) is 3.11. The molecule has 0 fully saturated rings. The summed E-state index contributed by atoms with van der Waals surface area (Å²) in [6, 6.07) is 8.47. The van der Waals surface area contributed by atoms with Crippen LogP contribution in [0.2, 0.25) is 0 Å². The van der Waals surface area contributed by atoms with E-state index < -0.39 is 5.76 Å². The first-order valence-corrected chi connectivity index (χ1v) is 5.39. The lowest BCUT2D eigenvalue weighted by Gasteiger charge is -2.01. The molecule has 3 N–H and O–H groups in total. The van der Waals surface area contributed by atoms with Crippen LogP contribution in [0.15, 0.2) is 35.2 Å². The number of alkyl halides is 2. The van der Waals surface area contributed by atoms with Crippen molar-refractivity contribution in [3.05, 3.63) is 30.3 Å². The highest BCUT2D eigenvalue weighted by Gasteiger charge is 2.06. The minimum absolute atomic E-state index is 0.404. The van der Waals surface area contributed by atoms with E-state index in [0.29, 0.717) is 22.5 Å². The van der Waals surface area contributed by atoms with Gasteiger partial charge < -0.3 is 5.73 Å². The first-order valence-electron chi connectivity index (χ1n) is 4.51. The third kappa shape index (κ3) is 2.52. The number of aromatic amines is 1. The Morgan fingerprint density at radius 2 is 1.94 bits per heavy atom. The summed E-state index contributed by atoms with van der Waals surface area (Å²) in [5, 5.41) is 6.54. The Bertz CT molecular complexity index is 467. The number of benzene rings is 1. The van der Waals surface area contributed by atoms with E-state index in [1.807, 2.05) is 0 Å². The molecule has 2 rings (SSSR count). The highest BCUT2D eigenvalue weighted by Crippen LogP contribution is 2.27. The molecule has 0 atom stereocenters. The van der Waals surface area contributed by atoms with Crippen molar-refractivity contribution in [2.45, 2.75) is 10.7 Å². The van der Waals surface area contributed by atoms with E-state index in [2.05, 4.69) is 10.2 Å². The molecular formula is C10H9F2N3S. The second-order valence-corrected chi connectivity index (χ2v) is 4.17. The van der Waals surface area contributed by atoms with Crippen LogP contribution in [0.1, 0.15) is 0 Å². The molecule has 1 aromatic carbocycles. The molecule has 1 heterocycles. The minimum Gasteiger partial charge on any atom is -0.382 e. The van der Waals surface area contributed by atoms with Crippen molar-refractivity contribution in [3.63, 3.8) is 0 Å². The number of halogens is 2. The maximum atomic E-state index is 12.1. The van der Waals surface area contributed by atoms with Crippen LogP contribution in [0.3, 0.4) is 0 Å². The van der Waals surface area contributed by atoms with Crippen molar-refractivity contribution < 1.29 is 8.78 Å². The number of rotatable bonds is 3. The molecule has 0 radical (unpaired) electrons. The summed E-state index contributed by atoms with van der Waals surface area (Å²) in [4.78, 5) is 0.534. The Labute approximate surface area is 95.0 Å². The van der Waals surface area contributed by atoms with Gasteiger partial charge in [0.2, 0.25) is 0 Å². The predicted octanol–water partition coefficient (Wildman–Crippen LogP) is 2.97. The zero-order chi connectivity index (χ0) is 11.5. The number of thioether (sulfide) groups is 1. The van der Waals surface area contributed by atoms with E-state index in [-0.39, 0.29) is 0 Å². The van der Waals surface area contributed by atoms with Crippen molar-refractivity contribution in [1.29, 1.82) is 0 Å². The van der Waals surface area contributed by atoms with Gasteiger partial charge in [0, 0.05) is 11.0 Å². The van der Waals surface area contributed by atoms with Gasteiger partial charge in [0.25, 0.3) is 5.76 Å². The number of anilines is 1. The lowest BCUT2D eigenvalue weighted by molar-refractivity contribution is 0.252. The second kappa shape index (κ2) is 4.52. The van der Waals surface area contributed by atoms with Crippen LogP contribution in [-0.2, 0) is 0 Å². The van der Waals surface area contributed by atoms with Gasteiger partial charge in [0.05, 0.1) is 5.69 Å². The summed E-state index contributed by atoms with van der Waals surface area (Å²) in [6.45, 7) is 0. The number of nitrogens with zero attached hydrogens (tertiary/aromatic N) is 1. The molecule has 1 aromatic heterocycles. The molecular weight excluding hydrogens is 232 g/mol. The van der Waals surface area contributed by atoms with Crippen LogP contribution in [0, 0.1) is 0 Å². The van der Waals surface area contributed by atoms with E-state index in [9.17, 15) is 8.78 Å². The summed E-state index contributed by atoms with van der Waals surface area (Å²) < 4.78 is 24.2. The van der Waals surface area contributed by atoms with Gasteiger partial charge in [0.15, 0.2) is 0 Å². The maximum Gasteiger partial charge on any atom is 0.288 e. The number of H-pyrrole nitrogens is 1. The SMILES string of the molecule is Nc1cc(-c2ccc(SC(F)F)cc2)[nH]n1. The van der Waals surface area contributed by atoms with Gasteiger partial charge in [-0.05, 0) is 17.7 Å². The predicted molar refractivity (Wildman–Crippen MR) is 60.3 cm³/mol.